The summed E-state index contributed by atoms with van der Waals surface area (Å²) in [7, 11) is 0. The Morgan fingerprint density at radius 2 is 2.24 bits per heavy atom. The number of carbonyl (C=O) groups excluding carboxylic acids is 2. The largest absolute Gasteiger partial charge is 0.353 e. The molecule has 1 N–H and O–H groups in total. The van der Waals surface area contributed by atoms with E-state index in [1.807, 2.05) is 0 Å². The molecule has 2 amide bonds. The van der Waals surface area contributed by atoms with Gasteiger partial charge in [-0.3, -0.25) is 9.59 Å². The van der Waals surface area contributed by atoms with E-state index in [0.717, 1.165) is 0 Å². The van der Waals surface area contributed by atoms with Gasteiger partial charge in [-0.2, -0.15) is 0 Å². The Kier molecular flexibility index (Phi) is 3.42. The summed E-state index contributed by atoms with van der Waals surface area (Å²) in [6.45, 7) is 0.882. The highest BCUT2D eigenvalue weighted by molar-refractivity contribution is 9.10. The minimum Gasteiger partial charge on any atom is -0.353 e. The summed E-state index contributed by atoms with van der Waals surface area (Å²) in [5.41, 5.74) is 0.236. The summed E-state index contributed by atoms with van der Waals surface area (Å²) in [4.78, 5) is 24.6. The predicted octanol–water partition coefficient (Wildman–Crippen LogP) is 1.16. The monoisotopic (exact) mass is 300 g/mol. The van der Waals surface area contributed by atoms with Crippen LogP contribution in [-0.4, -0.2) is 36.3 Å². The highest BCUT2D eigenvalue weighted by Crippen LogP contribution is 2.19. The lowest BCUT2D eigenvalue weighted by Gasteiger charge is -2.27. The van der Waals surface area contributed by atoms with Gasteiger partial charge in [-0.05, 0) is 34.1 Å². The van der Waals surface area contributed by atoms with Crippen LogP contribution in [0.2, 0.25) is 0 Å². The molecule has 2 rings (SSSR count). The molecular weight excluding hydrogens is 291 g/mol. The molecule has 0 radical (unpaired) electrons. The van der Waals surface area contributed by atoms with Crippen LogP contribution in [0.4, 0.5) is 4.39 Å². The van der Waals surface area contributed by atoms with Crippen LogP contribution in [0.1, 0.15) is 10.4 Å². The molecule has 0 aliphatic carbocycles. The molecule has 17 heavy (non-hydrogen) atoms. The Morgan fingerprint density at radius 3 is 2.94 bits per heavy atom. The first kappa shape index (κ1) is 12.0. The van der Waals surface area contributed by atoms with E-state index in [4.69, 9.17) is 0 Å². The average molecular weight is 301 g/mol. The fraction of sp³-hybridized carbons (Fsp3) is 0.273. The van der Waals surface area contributed by atoms with Gasteiger partial charge in [-0.25, -0.2) is 4.39 Å². The fourth-order valence-corrected chi connectivity index (χ4v) is 2.06. The van der Waals surface area contributed by atoms with Gasteiger partial charge >= 0.3 is 0 Å². The number of hydrogen-bond donors (Lipinski definition) is 1. The molecule has 0 aromatic heterocycles. The van der Waals surface area contributed by atoms with E-state index in [9.17, 15) is 14.0 Å². The van der Waals surface area contributed by atoms with Crippen molar-refractivity contribution in [1.29, 1.82) is 0 Å². The van der Waals surface area contributed by atoms with Gasteiger partial charge in [0.15, 0.2) is 0 Å². The van der Waals surface area contributed by atoms with E-state index in [1.54, 1.807) is 0 Å². The first-order chi connectivity index (χ1) is 8.08. The van der Waals surface area contributed by atoms with Crippen LogP contribution in [0.25, 0.3) is 0 Å². The minimum absolute atomic E-state index is 0.0157. The van der Waals surface area contributed by atoms with Crippen LogP contribution in [0.15, 0.2) is 22.7 Å². The number of benzene rings is 1. The van der Waals surface area contributed by atoms with E-state index in [2.05, 4.69) is 21.2 Å². The summed E-state index contributed by atoms with van der Waals surface area (Å²) >= 11 is 3.20. The van der Waals surface area contributed by atoms with Crippen LogP contribution in [0.3, 0.4) is 0 Å². The first-order valence-electron chi connectivity index (χ1n) is 5.09. The zero-order chi connectivity index (χ0) is 12.4. The molecule has 0 unspecified atom stereocenters. The molecule has 0 spiro atoms. The Bertz CT molecular complexity index is 479. The molecule has 1 aliphatic heterocycles. The molecule has 4 nitrogen and oxygen atoms in total. The summed E-state index contributed by atoms with van der Waals surface area (Å²) in [6.07, 6.45) is 0. The SMILES string of the molecule is O=C1CN(C(=O)c2cc(F)ccc2Br)CCN1. The van der Waals surface area contributed by atoms with E-state index in [1.165, 1.54) is 23.1 Å². The molecule has 0 saturated carbocycles. The van der Waals surface area contributed by atoms with Crippen molar-refractivity contribution in [2.45, 2.75) is 0 Å². The molecule has 1 aliphatic rings. The second-order valence-corrected chi connectivity index (χ2v) is 4.56. The number of nitrogens with one attached hydrogen (secondary N) is 1. The molecule has 1 aromatic carbocycles. The summed E-state index contributed by atoms with van der Waals surface area (Å²) in [6, 6.07) is 3.91. The number of piperazine rings is 1. The van der Waals surface area contributed by atoms with Crippen LogP contribution in [0.5, 0.6) is 0 Å². The third-order valence-corrected chi connectivity index (χ3v) is 3.18. The third-order valence-electron chi connectivity index (χ3n) is 2.48. The molecule has 1 aromatic rings. The molecule has 1 saturated heterocycles. The van der Waals surface area contributed by atoms with Gasteiger partial charge < -0.3 is 10.2 Å². The average Bonchev–Trinajstić information content (AvgIpc) is 2.31. The van der Waals surface area contributed by atoms with Crippen LogP contribution in [-0.2, 0) is 4.79 Å². The fourth-order valence-electron chi connectivity index (χ4n) is 1.64. The second-order valence-electron chi connectivity index (χ2n) is 3.70. The van der Waals surface area contributed by atoms with Crippen molar-refractivity contribution in [3.8, 4) is 0 Å². The quantitative estimate of drug-likeness (QED) is 0.846. The van der Waals surface area contributed by atoms with Gasteiger partial charge in [0.2, 0.25) is 5.91 Å². The second kappa shape index (κ2) is 4.83. The highest BCUT2D eigenvalue weighted by atomic mass is 79.9. The minimum atomic E-state index is -0.474. The van der Waals surface area contributed by atoms with E-state index in [-0.39, 0.29) is 23.9 Å². The normalized spacial score (nSPS) is 15.6. The Morgan fingerprint density at radius 1 is 1.47 bits per heavy atom. The number of hydrogen-bond acceptors (Lipinski definition) is 2. The van der Waals surface area contributed by atoms with Crippen molar-refractivity contribution in [3.63, 3.8) is 0 Å². The molecule has 0 bridgehead atoms. The van der Waals surface area contributed by atoms with Gasteiger partial charge in [-0.1, -0.05) is 0 Å². The van der Waals surface area contributed by atoms with Crippen molar-refractivity contribution in [1.82, 2.24) is 10.2 Å². The van der Waals surface area contributed by atoms with Crippen LogP contribution >= 0.6 is 15.9 Å². The maximum Gasteiger partial charge on any atom is 0.255 e. The molecule has 0 atom stereocenters. The molecule has 90 valence electrons. The predicted molar refractivity (Wildman–Crippen MR) is 63.0 cm³/mol. The highest BCUT2D eigenvalue weighted by Gasteiger charge is 2.23. The summed E-state index contributed by atoms with van der Waals surface area (Å²) in [5.74, 6) is -1.01. The van der Waals surface area contributed by atoms with Crippen LogP contribution < -0.4 is 5.32 Å². The van der Waals surface area contributed by atoms with Crippen molar-refractivity contribution in [2.75, 3.05) is 19.6 Å². The van der Waals surface area contributed by atoms with E-state index >= 15 is 0 Å². The Hall–Kier alpha value is -1.43. The smallest absolute Gasteiger partial charge is 0.255 e. The topological polar surface area (TPSA) is 49.4 Å². The first-order valence-corrected chi connectivity index (χ1v) is 5.88. The molecule has 1 heterocycles. The van der Waals surface area contributed by atoms with Gasteiger partial charge in [0, 0.05) is 17.6 Å². The number of rotatable bonds is 1. The maximum atomic E-state index is 13.1. The number of nitrogens with zero attached hydrogens (tertiary/aromatic N) is 1. The molecular formula is C11H10BrFN2O2. The zero-order valence-corrected chi connectivity index (χ0v) is 10.5. The van der Waals surface area contributed by atoms with Crippen molar-refractivity contribution in [3.05, 3.63) is 34.1 Å². The van der Waals surface area contributed by atoms with Crippen molar-refractivity contribution < 1.29 is 14.0 Å². The number of halogens is 2. The summed E-state index contributed by atoms with van der Waals surface area (Å²) in [5, 5.41) is 2.63. The van der Waals surface area contributed by atoms with E-state index < -0.39 is 5.82 Å². The van der Waals surface area contributed by atoms with Gasteiger partial charge in [-0.15, -0.1) is 0 Å². The zero-order valence-electron chi connectivity index (χ0n) is 8.87. The standard InChI is InChI=1S/C11H10BrFN2O2/c12-9-2-1-7(13)5-8(9)11(17)15-4-3-14-10(16)6-15/h1-2,5H,3-4,6H2,(H,14,16). The molecule has 1 fully saturated rings. The number of amides is 2. The van der Waals surface area contributed by atoms with Crippen molar-refractivity contribution in [2.24, 2.45) is 0 Å². The Labute approximate surface area is 106 Å². The molecule has 6 heteroatoms. The van der Waals surface area contributed by atoms with Gasteiger partial charge in [0.25, 0.3) is 5.91 Å². The van der Waals surface area contributed by atoms with Crippen LogP contribution in [0, 0.1) is 5.82 Å². The third kappa shape index (κ3) is 2.63. The maximum absolute atomic E-state index is 13.1. The Balaban J connectivity index is 2.24. The lowest BCUT2D eigenvalue weighted by Crippen LogP contribution is -2.50. The van der Waals surface area contributed by atoms with E-state index in [0.29, 0.717) is 17.6 Å². The lowest BCUT2D eigenvalue weighted by molar-refractivity contribution is -0.123. The van der Waals surface area contributed by atoms with Gasteiger partial charge in [0.1, 0.15) is 5.82 Å². The van der Waals surface area contributed by atoms with Gasteiger partial charge in [0.05, 0.1) is 12.1 Å². The number of carbonyl (C=O) groups is 2. The summed E-state index contributed by atoms with van der Waals surface area (Å²) < 4.78 is 13.6. The lowest BCUT2D eigenvalue weighted by atomic mass is 10.2. The van der Waals surface area contributed by atoms with Crippen molar-refractivity contribution >= 4 is 27.7 Å².